The van der Waals surface area contributed by atoms with Crippen LogP contribution >= 0.6 is 0 Å². The van der Waals surface area contributed by atoms with E-state index in [1.54, 1.807) is 20.0 Å². The number of amides is 3. The van der Waals surface area contributed by atoms with E-state index in [4.69, 9.17) is 15.5 Å². The normalized spacial score (nSPS) is 14.5. The number of rotatable bonds is 12. The quantitative estimate of drug-likeness (QED) is 0.222. The third-order valence-electron chi connectivity index (χ3n) is 7.66. The first-order valence-electron chi connectivity index (χ1n) is 15.2. The maximum absolute atomic E-state index is 14.0. The maximum Gasteiger partial charge on any atom is 0.250 e. The Kier molecular flexibility index (Phi) is 10.1. The van der Waals surface area contributed by atoms with Crippen LogP contribution in [0.15, 0.2) is 97.2 Å². The second-order valence-electron chi connectivity index (χ2n) is 11.8. The van der Waals surface area contributed by atoms with Crippen molar-refractivity contribution in [3.63, 3.8) is 0 Å². The highest BCUT2D eigenvalue weighted by Gasteiger charge is 2.33. The molecule has 0 spiro atoms. The van der Waals surface area contributed by atoms with Gasteiger partial charge in [0.2, 0.25) is 11.8 Å². The maximum atomic E-state index is 14.0. The third-order valence-corrected chi connectivity index (χ3v) is 7.66. The van der Waals surface area contributed by atoms with Gasteiger partial charge in [0.05, 0.1) is 18.8 Å². The largest absolute Gasteiger partial charge is 0.374 e. The van der Waals surface area contributed by atoms with Gasteiger partial charge in [0.15, 0.2) is 5.82 Å². The molecule has 3 aromatic carbocycles. The molecule has 4 N–H and O–H groups in total. The Morgan fingerprint density at radius 3 is 2.13 bits per heavy atom. The number of anilines is 1. The molecule has 2 unspecified atom stereocenters. The summed E-state index contributed by atoms with van der Waals surface area (Å²) in [5.74, 6) is -0.288. The predicted octanol–water partition coefficient (Wildman–Crippen LogP) is 4.14. The van der Waals surface area contributed by atoms with Crippen molar-refractivity contribution in [2.24, 2.45) is 5.73 Å². The monoisotopic (exact) mass is 608 g/mol. The first kappa shape index (κ1) is 31.6. The van der Waals surface area contributed by atoms with Gasteiger partial charge < -0.3 is 30.6 Å². The second kappa shape index (κ2) is 14.3. The van der Waals surface area contributed by atoms with Gasteiger partial charge in [-0.15, -0.1) is 0 Å². The van der Waals surface area contributed by atoms with Crippen molar-refractivity contribution in [3.8, 4) is 11.4 Å². The van der Waals surface area contributed by atoms with Crippen LogP contribution in [0.1, 0.15) is 43.9 Å². The summed E-state index contributed by atoms with van der Waals surface area (Å²) >= 11 is 0. The molecule has 1 aliphatic rings. The summed E-state index contributed by atoms with van der Waals surface area (Å²) < 4.78 is 7.67. The Bertz CT molecular complexity index is 1580. The topological polar surface area (TPSA) is 132 Å². The van der Waals surface area contributed by atoms with E-state index in [0.717, 1.165) is 29.5 Å². The minimum Gasteiger partial charge on any atom is -0.374 e. The number of imidazole rings is 1. The lowest BCUT2D eigenvalue weighted by Gasteiger charge is -2.26. The Morgan fingerprint density at radius 1 is 0.911 bits per heavy atom. The fourth-order valence-electron chi connectivity index (χ4n) is 5.23. The number of nitrogens with one attached hydrogen (secondary N) is 2. The van der Waals surface area contributed by atoms with Crippen LogP contribution in [0.4, 0.5) is 5.82 Å². The summed E-state index contributed by atoms with van der Waals surface area (Å²) in [7, 11) is 0. The standard InChI is InChI=1S/C35H40N6O4/c1-35(2,36)34(44)37-28(24-45-23-25-14-6-3-7-15-25)32(42)39-29-22-41(31(38-29)27-18-10-5-11-19-27)30(26-16-8-4-9-17-26)33(43)40-20-12-13-21-40/h3-11,14-19,22,28,30H,12-13,20-21,23-24,36H2,1-2H3,(H,37,44)(H,39,42). The fourth-order valence-corrected chi connectivity index (χ4v) is 5.23. The molecule has 1 fully saturated rings. The summed E-state index contributed by atoms with van der Waals surface area (Å²) in [5, 5.41) is 5.59. The van der Waals surface area contributed by atoms with Crippen LogP contribution in [0.3, 0.4) is 0 Å². The SMILES string of the molecule is CC(C)(N)C(=O)NC(COCc1ccccc1)C(=O)Nc1cn(C(C(=O)N2CCCC2)c2ccccc2)c(-c2ccccc2)n1. The molecule has 1 aliphatic heterocycles. The summed E-state index contributed by atoms with van der Waals surface area (Å²) in [4.78, 5) is 47.2. The Hall–Kier alpha value is -4.80. The molecule has 0 radical (unpaired) electrons. The molecule has 234 valence electrons. The molecule has 3 amide bonds. The van der Waals surface area contributed by atoms with Crippen LogP contribution in [0.2, 0.25) is 0 Å². The lowest BCUT2D eigenvalue weighted by atomic mass is 10.0. The van der Waals surface area contributed by atoms with Gasteiger partial charge in [-0.25, -0.2) is 4.98 Å². The molecule has 5 rings (SSSR count). The van der Waals surface area contributed by atoms with Crippen LogP contribution in [0.25, 0.3) is 11.4 Å². The zero-order valence-corrected chi connectivity index (χ0v) is 25.7. The van der Waals surface area contributed by atoms with E-state index >= 15 is 0 Å². The highest BCUT2D eigenvalue weighted by Crippen LogP contribution is 2.31. The van der Waals surface area contributed by atoms with E-state index in [2.05, 4.69) is 10.6 Å². The van der Waals surface area contributed by atoms with Crippen molar-refractivity contribution in [1.82, 2.24) is 19.8 Å². The van der Waals surface area contributed by atoms with Gasteiger partial charge in [-0.1, -0.05) is 91.0 Å². The minimum atomic E-state index is -1.21. The number of aromatic nitrogens is 2. The van der Waals surface area contributed by atoms with Crippen molar-refractivity contribution in [3.05, 3.63) is 108 Å². The van der Waals surface area contributed by atoms with E-state index in [9.17, 15) is 14.4 Å². The fraction of sp³-hybridized carbons (Fsp3) is 0.314. The molecular weight excluding hydrogens is 568 g/mol. The number of benzene rings is 3. The number of hydrogen-bond acceptors (Lipinski definition) is 6. The van der Waals surface area contributed by atoms with Gasteiger partial charge in [0.25, 0.3) is 5.91 Å². The lowest BCUT2D eigenvalue weighted by molar-refractivity contribution is -0.132. The van der Waals surface area contributed by atoms with Crippen molar-refractivity contribution < 1.29 is 19.1 Å². The molecule has 4 aromatic rings. The summed E-state index contributed by atoms with van der Waals surface area (Å²) in [6.45, 7) is 4.70. The molecule has 2 atom stereocenters. The first-order chi connectivity index (χ1) is 21.7. The van der Waals surface area contributed by atoms with E-state index in [-0.39, 0.29) is 24.9 Å². The summed E-state index contributed by atoms with van der Waals surface area (Å²) in [6.07, 6.45) is 3.61. The van der Waals surface area contributed by atoms with Crippen LogP contribution in [0.5, 0.6) is 0 Å². The van der Waals surface area contributed by atoms with Gasteiger partial charge in [-0.2, -0.15) is 0 Å². The predicted molar refractivity (Wildman–Crippen MR) is 173 cm³/mol. The van der Waals surface area contributed by atoms with Crippen molar-refractivity contribution in [1.29, 1.82) is 0 Å². The zero-order chi connectivity index (χ0) is 31.8. The molecule has 0 saturated carbocycles. The first-order valence-corrected chi connectivity index (χ1v) is 15.2. The third kappa shape index (κ3) is 8.03. The Morgan fingerprint density at radius 2 is 1.51 bits per heavy atom. The molecule has 45 heavy (non-hydrogen) atoms. The average molecular weight is 609 g/mol. The smallest absolute Gasteiger partial charge is 0.250 e. The molecule has 1 saturated heterocycles. The zero-order valence-electron chi connectivity index (χ0n) is 25.7. The molecular formula is C35H40N6O4. The van der Waals surface area contributed by atoms with E-state index in [1.165, 1.54) is 0 Å². The number of carbonyl (C=O) groups is 3. The second-order valence-corrected chi connectivity index (χ2v) is 11.8. The molecule has 10 nitrogen and oxygen atoms in total. The highest BCUT2D eigenvalue weighted by molar-refractivity contribution is 5.98. The number of ether oxygens (including phenoxy) is 1. The van der Waals surface area contributed by atoms with E-state index in [1.807, 2.05) is 100 Å². The van der Waals surface area contributed by atoms with Gasteiger partial charge in [-0.05, 0) is 37.8 Å². The van der Waals surface area contributed by atoms with Crippen LogP contribution in [-0.4, -0.2) is 63.4 Å². The molecule has 0 bridgehead atoms. The number of nitrogens with two attached hydrogens (primary N) is 1. The van der Waals surface area contributed by atoms with Crippen molar-refractivity contribution in [2.75, 3.05) is 25.0 Å². The van der Waals surface area contributed by atoms with Gasteiger partial charge in [-0.3, -0.25) is 14.4 Å². The van der Waals surface area contributed by atoms with E-state index < -0.39 is 29.4 Å². The molecule has 2 heterocycles. The summed E-state index contributed by atoms with van der Waals surface area (Å²) in [6, 6.07) is 26.9. The number of carbonyl (C=O) groups excluding carboxylic acids is 3. The van der Waals surface area contributed by atoms with Gasteiger partial charge in [0.1, 0.15) is 17.9 Å². The molecule has 10 heteroatoms. The van der Waals surface area contributed by atoms with Gasteiger partial charge in [0, 0.05) is 24.8 Å². The number of likely N-dealkylation sites (tertiary alicyclic amines) is 1. The minimum absolute atomic E-state index is 0.0317. The van der Waals surface area contributed by atoms with Crippen molar-refractivity contribution in [2.45, 2.75) is 50.9 Å². The van der Waals surface area contributed by atoms with Crippen LogP contribution in [-0.2, 0) is 25.7 Å². The van der Waals surface area contributed by atoms with Crippen LogP contribution < -0.4 is 16.4 Å². The van der Waals surface area contributed by atoms with Crippen molar-refractivity contribution >= 4 is 23.5 Å². The molecule has 1 aromatic heterocycles. The Balaban J connectivity index is 1.46. The molecule has 0 aliphatic carbocycles. The number of nitrogens with zero attached hydrogens (tertiary/aromatic N) is 3. The lowest BCUT2D eigenvalue weighted by Crippen LogP contribution is -2.56. The highest BCUT2D eigenvalue weighted by atomic mass is 16.5. The summed E-state index contributed by atoms with van der Waals surface area (Å²) in [5.41, 5.74) is 7.34. The van der Waals surface area contributed by atoms with Crippen LogP contribution in [0, 0.1) is 0 Å². The van der Waals surface area contributed by atoms with Gasteiger partial charge >= 0.3 is 0 Å². The number of hydrogen-bond donors (Lipinski definition) is 3. The Labute approximate surface area is 263 Å². The van der Waals surface area contributed by atoms with E-state index in [0.29, 0.717) is 18.9 Å². The average Bonchev–Trinajstić information content (AvgIpc) is 3.73.